The molecular formula is C23H19NO. The van der Waals surface area contributed by atoms with Crippen LogP contribution in [0.5, 0.6) is 0 Å². The van der Waals surface area contributed by atoms with Crippen molar-refractivity contribution < 1.29 is 4.79 Å². The number of allylic oxidation sites excluding steroid dienone is 4. The number of carbonyl (C=O) groups excluding carboxylic acids is 1. The van der Waals surface area contributed by atoms with Gasteiger partial charge in [0.05, 0.1) is 12.0 Å². The Morgan fingerprint density at radius 2 is 1.32 bits per heavy atom. The third kappa shape index (κ3) is 2.14. The molecule has 25 heavy (non-hydrogen) atoms. The largest absolute Gasteiger partial charge is 0.348 e. The number of benzene rings is 2. The highest BCUT2D eigenvalue weighted by Crippen LogP contribution is 2.52. The quantitative estimate of drug-likeness (QED) is 0.885. The van der Waals surface area contributed by atoms with Gasteiger partial charge in [-0.3, -0.25) is 4.79 Å². The molecular weight excluding hydrogens is 306 g/mol. The van der Waals surface area contributed by atoms with E-state index >= 15 is 0 Å². The zero-order chi connectivity index (χ0) is 16.8. The Bertz CT molecular complexity index is 908. The summed E-state index contributed by atoms with van der Waals surface area (Å²) in [5, 5.41) is 3.28. The van der Waals surface area contributed by atoms with Gasteiger partial charge in [0, 0.05) is 11.8 Å². The number of nitrogens with one attached hydrogen (secondary N) is 1. The van der Waals surface area contributed by atoms with Gasteiger partial charge in [-0.05, 0) is 22.3 Å². The normalized spacial score (nSPS) is 29.5. The van der Waals surface area contributed by atoms with Gasteiger partial charge in [0.25, 0.3) is 0 Å². The van der Waals surface area contributed by atoms with Gasteiger partial charge in [-0.1, -0.05) is 85.0 Å². The second-order valence-electron chi connectivity index (χ2n) is 6.94. The Labute approximate surface area is 147 Å². The maximum atomic E-state index is 12.8. The SMILES string of the molecule is O=C1N[C@H]2C(c3ccccc3)=C(c3ccccc3)[C@@H]3C=CC=C[C@H]2[C@@H]13. The molecule has 1 heterocycles. The molecule has 0 saturated carbocycles. The number of hydrogen-bond donors (Lipinski definition) is 1. The van der Waals surface area contributed by atoms with Crippen molar-refractivity contribution in [2.24, 2.45) is 17.8 Å². The molecule has 0 unspecified atom stereocenters. The first-order valence-electron chi connectivity index (χ1n) is 8.85. The molecule has 5 rings (SSSR count). The van der Waals surface area contributed by atoms with Crippen molar-refractivity contribution in [2.45, 2.75) is 6.04 Å². The molecule has 4 atom stereocenters. The third-order valence-electron chi connectivity index (χ3n) is 5.65. The molecule has 2 heteroatoms. The molecule has 1 amide bonds. The van der Waals surface area contributed by atoms with Gasteiger partial charge in [-0.15, -0.1) is 0 Å². The Morgan fingerprint density at radius 3 is 2.00 bits per heavy atom. The fraction of sp³-hybridized carbons (Fsp3) is 0.174. The highest BCUT2D eigenvalue weighted by molar-refractivity contribution is 6.03. The molecule has 122 valence electrons. The molecule has 0 spiro atoms. The first-order chi connectivity index (χ1) is 12.3. The summed E-state index contributed by atoms with van der Waals surface area (Å²) in [6, 6.07) is 21.1. The van der Waals surface area contributed by atoms with Crippen LogP contribution in [0, 0.1) is 17.8 Å². The van der Waals surface area contributed by atoms with Gasteiger partial charge < -0.3 is 5.32 Å². The second-order valence-corrected chi connectivity index (χ2v) is 6.94. The van der Waals surface area contributed by atoms with Crippen LogP contribution in [-0.4, -0.2) is 11.9 Å². The van der Waals surface area contributed by atoms with Crippen LogP contribution in [0.15, 0.2) is 85.0 Å². The van der Waals surface area contributed by atoms with Crippen molar-refractivity contribution in [2.75, 3.05) is 0 Å². The van der Waals surface area contributed by atoms with Crippen molar-refractivity contribution in [1.29, 1.82) is 0 Å². The van der Waals surface area contributed by atoms with Crippen molar-refractivity contribution in [3.05, 3.63) is 96.1 Å². The van der Waals surface area contributed by atoms with Crippen molar-refractivity contribution >= 4 is 17.1 Å². The molecule has 1 N–H and O–H groups in total. The van der Waals surface area contributed by atoms with E-state index in [1.54, 1.807) is 0 Å². The minimum absolute atomic E-state index is 0.0114. The summed E-state index contributed by atoms with van der Waals surface area (Å²) in [6.45, 7) is 0. The lowest BCUT2D eigenvalue weighted by Gasteiger charge is -2.35. The standard InChI is InChI=1S/C23H19NO/c25-23-21-17-13-7-8-14-18(21)22(24-23)20(16-11-5-2-6-12-16)19(17)15-9-3-1-4-10-15/h1-14,17-18,21-22H,(H,24,25)/t17-,18-,21-,22+/m0/s1. The lowest BCUT2D eigenvalue weighted by molar-refractivity contribution is -0.123. The lowest BCUT2D eigenvalue weighted by atomic mass is 9.66. The summed E-state index contributed by atoms with van der Waals surface area (Å²) < 4.78 is 0. The summed E-state index contributed by atoms with van der Waals surface area (Å²) >= 11 is 0. The topological polar surface area (TPSA) is 29.1 Å². The van der Waals surface area contributed by atoms with E-state index in [2.05, 4.69) is 78.2 Å². The summed E-state index contributed by atoms with van der Waals surface area (Å²) in [6.07, 6.45) is 8.60. The Kier molecular flexibility index (Phi) is 3.24. The lowest BCUT2D eigenvalue weighted by Crippen LogP contribution is -2.33. The predicted octanol–water partition coefficient (Wildman–Crippen LogP) is 4.08. The minimum Gasteiger partial charge on any atom is -0.348 e. The Balaban J connectivity index is 1.82. The second kappa shape index (κ2) is 5.59. The first kappa shape index (κ1) is 14.5. The zero-order valence-corrected chi connectivity index (χ0v) is 13.8. The summed E-state index contributed by atoms with van der Waals surface area (Å²) in [5.41, 5.74) is 4.96. The van der Waals surface area contributed by atoms with E-state index in [9.17, 15) is 4.79 Å². The number of hydrogen-bond acceptors (Lipinski definition) is 1. The molecule has 1 saturated heterocycles. The van der Waals surface area contributed by atoms with E-state index in [0.717, 1.165) is 0 Å². The van der Waals surface area contributed by atoms with E-state index in [-0.39, 0.29) is 29.7 Å². The van der Waals surface area contributed by atoms with Crippen molar-refractivity contribution in [3.8, 4) is 0 Å². The maximum Gasteiger partial charge on any atom is 0.225 e. The van der Waals surface area contributed by atoms with E-state index in [1.807, 2.05) is 12.1 Å². The molecule has 0 radical (unpaired) electrons. The highest BCUT2D eigenvalue weighted by Gasteiger charge is 2.52. The maximum absolute atomic E-state index is 12.8. The summed E-state index contributed by atoms with van der Waals surface area (Å²) in [5.74, 6) is 0.491. The molecule has 2 aromatic rings. The van der Waals surface area contributed by atoms with Gasteiger partial charge in [-0.25, -0.2) is 0 Å². The number of amides is 1. The molecule has 1 fully saturated rings. The number of carbonyl (C=O) groups is 1. The molecule has 2 aliphatic carbocycles. The molecule has 1 aliphatic heterocycles. The fourth-order valence-corrected chi connectivity index (χ4v) is 4.66. The van der Waals surface area contributed by atoms with Crippen LogP contribution in [0.4, 0.5) is 0 Å². The third-order valence-corrected chi connectivity index (χ3v) is 5.65. The summed E-state index contributed by atoms with van der Waals surface area (Å²) in [4.78, 5) is 12.8. The summed E-state index contributed by atoms with van der Waals surface area (Å²) in [7, 11) is 0. The van der Waals surface area contributed by atoms with Gasteiger partial charge in [0.15, 0.2) is 0 Å². The van der Waals surface area contributed by atoms with E-state index in [1.165, 1.54) is 22.3 Å². The molecule has 3 aliphatic rings. The smallest absolute Gasteiger partial charge is 0.225 e. The molecule has 4 bridgehead atoms. The fourth-order valence-electron chi connectivity index (χ4n) is 4.66. The van der Waals surface area contributed by atoms with Crippen LogP contribution < -0.4 is 5.32 Å². The average molecular weight is 325 g/mol. The number of rotatable bonds is 2. The Hall–Kier alpha value is -2.87. The van der Waals surface area contributed by atoms with Crippen LogP contribution >= 0.6 is 0 Å². The van der Waals surface area contributed by atoms with E-state index in [4.69, 9.17) is 0 Å². The van der Waals surface area contributed by atoms with E-state index in [0.29, 0.717) is 0 Å². The molecule has 0 aromatic heterocycles. The van der Waals surface area contributed by atoms with Crippen molar-refractivity contribution in [1.82, 2.24) is 5.32 Å². The van der Waals surface area contributed by atoms with Gasteiger partial charge in [0.2, 0.25) is 5.91 Å². The van der Waals surface area contributed by atoms with Crippen LogP contribution in [0.1, 0.15) is 11.1 Å². The van der Waals surface area contributed by atoms with Crippen molar-refractivity contribution in [3.63, 3.8) is 0 Å². The van der Waals surface area contributed by atoms with Gasteiger partial charge >= 0.3 is 0 Å². The predicted molar refractivity (Wildman–Crippen MR) is 100 cm³/mol. The van der Waals surface area contributed by atoms with Gasteiger partial charge in [-0.2, -0.15) is 0 Å². The van der Waals surface area contributed by atoms with E-state index < -0.39 is 0 Å². The minimum atomic E-state index is -0.0114. The first-order valence-corrected chi connectivity index (χ1v) is 8.85. The molecule has 2 nitrogen and oxygen atoms in total. The van der Waals surface area contributed by atoms with Crippen LogP contribution in [0.3, 0.4) is 0 Å². The highest BCUT2D eigenvalue weighted by atomic mass is 16.2. The molecule has 2 aromatic carbocycles. The average Bonchev–Trinajstić information content (AvgIpc) is 2.80. The Morgan fingerprint density at radius 1 is 0.720 bits per heavy atom. The van der Waals surface area contributed by atoms with Crippen LogP contribution in [0.2, 0.25) is 0 Å². The van der Waals surface area contributed by atoms with Crippen LogP contribution in [0.25, 0.3) is 11.1 Å². The van der Waals surface area contributed by atoms with Crippen LogP contribution in [-0.2, 0) is 4.79 Å². The van der Waals surface area contributed by atoms with Gasteiger partial charge in [0.1, 0.15) is 0 Å². The zero-order valence-electron chi connectivity index (χ0n) is 13.8. The monoisotopic (exact) mass is 325 g/mol.